The lowest BCUT2D eigenvalue weighted by atomic mass is 9.79. The van der Waals surface area contributed by atoms with Crippen LogP contribution >= 0.6 is 0 Å². The largest absolute Gasteiger partial charge is 0.382 e. The predicted molar refractivity (Wildman–Crippen MR) is 88.2 cm³/mol. The molecule has 2 aromatic rings. The molecule has 0 aliphatic heterocycles. The van der Waals surface area contributed by atoms with E-state index in [2.05, 4.69) is 53.6 Å². The number of nitrogens with zero attached hydrogens (tertiary/aromatic N) is 1. The molecule has 0 radical (unpaired) electrons. The number of aromatic amines is 1. The average Bonchev–Trinajstić information content (AvgIpc) is 3.02. The van der Waals surface area contributed by atoms with Gasteiger partial charge in [-0.05, 0) is 42.9 Å². The van der Waals surface area contributed by atoms with Crippen molar-refractivity contribution in [1.29, 1.82) is 0 Å². The Morgan fingerprint density at radius 2 is 2.14 bits per heavy atom. The topological polar surface area (TPSA) is 40.7 Å². The Kier molecular flexibility index (Phi) is 4.28. The highest BCUT2D eigenvalue weighted by molar-refractivity contribution is 5.64. The van der Waals surface area contributed by atoms with E-state index in [9.17, 15) is 0 Å². The standard InChI is InChI=1S/C18H25N3/c1-13(2)14-5-3-7-16(11-14)20-17-8-4-6-15(12-17)18-9-10-19-21-18/h4,6,8-10,12-14,16,20H,3,5,7,11H2,1-2H3,(H,19,21). The van der Waals surface area contributed by atoms with Crippen LogP contribution in [0.15, 0.2) is 36.5 Å². The molecule has 0 bridgehead atoms. The molecule has 1 aromatic heterocycles. The molecule has 2 unspecified atom stereocenters. The van der Waals surface area contributed by atoms with Gasteiger partial charge in [-0.3, -0.25) is 5.10 Å². The van der Waals surface area contributed by atoms with Crippen molar-refractivity contribution < 1.29 is 0 Å². The molecule has 0 saturated heterocycles. The zero-order valence-corrected chi connectivity index (χ0v) is 13.0. The van der Waals surface area contributed by atoms with E-state index in [4.69, 9.17) is 0 Å². The van der Waals surface area contributed by atoms with Crippen molar-refractivity contribution in [3.63, 3.8) is 0 Å². The molecule has 1 aliphatic carbocycles. The van der Waals surface area contributed by atoms with Gasteiger partial charge in [0.05, 0.1) is 5.69 Å². The van der Waals surface area contributed by atoms with Crippen LogP contribution in [0, 0.1) is 11.8 Å². The highest BCUT2D eigenvalue weighted by Crippen LogP contribution is 2.32. The third-order valence-corrected chi connectivity index (χ3v) is 4.70. The van der Waals surface area contributed by atoms with Gasteiger partial charge >= 0.3 is 0 Å². The van der Waals surface area contributed by atoms with Crippen molar-refractivity contribution in [3.05, 3.63) is 36.5 Å². The third kappa shape index (κ3) is 3.46. The van der Waals surface area contributed by atoms with Gasteiger partial charge in [0.1, 0.15) is 0 Å². The van der Waals surface area contributed by atoms with Crippen molar-refractivity contribution in [3.8, 4) is 11.3 Å². The van der Waals surface area contributed by atoms with Crippen LogP contribution in [0.3, 0.4) is 0 Å². The van der Waals surface area contributed by atoms with Crippen LogP contribution in [-0.2, 0) is 0 Å². The molecule has 0 spiro atoms. The van der Waals surface area contributed by atoms with E-state index in [1.54, 1.807) is 6.20 Å². The van der Waals surface area contributed by atoms with Gasteiger partial charge in [0.2, 0.25) is 0 Å². The van der Waals surface area contributed by atoms with Crippen LogP contribution in [-0.4, -0.2) is 16.2 Å². The molecule has 3 heteroatoms. The summed E-state index contributed by atoms with van der Waals surface area (Å²) < 4.78 is 0. The zero-order chi connectivity index (χ0) is 14.7. The number of rotatable bonds is 4. The summed E-state index contributed by atoms with van der Waals surface area (Å²) in [5.41, 5.74) is 3.48. The van der Waals surface area contributed by atoms with E-state index in [0.717, 1.165) is 17.5 Å². The van der Waals surface area contributed by atoms with E-state index in [-0.39, 0.29) is 0 Å². The zero-order valence-electron chi connectivity index (χ0n) is 13.0. The highest BCUT2D eigenvalue weighted by atomic mass is 15.1. The lowest BCUT2D eigenvalue weighted by Gasteiger charge is -2.32. The molecule has 21 heavy (non-hydrogen) atoms. The summed E-state index contributed by atoms with van der Waals surface area (Å²) in [6.45, 7) is 4.71. The lowest BCUT2D eigenvalue weighted by Crippen LogP contribution is -2.29. The monoisotopic (exact) mass is 283 g/mol. The first-order valence-corrected chi connectivity index (χ1v) is 8.08. The summed E-state index contributed by atoms with van der Waals surface area (Å²) >= 11 is 0. The summed E-state index contributed by atoms with van der Waals surface area (Å²) in [6.07, 6.45) is 7.12. The van der Waals surface area contributed by atoms with E-state index >= 15 is 0 Å². The van der Waals surface area contributed by atoms with Crippen molar-refractivity contribution in [2.24, 2.45) is 11.8 Å². The average molecular weight is 283 g/mol. The number of benzene rings is 1. The van der Waals surface area contributed by atoms with Gasteiger partial charge < -0.3 is 5.32 Å². The van der Waals surface area contributed by atoms with Gasteiger partial charge in [-0.2, -0.15) is 5.10 Å². The molecule has 2 N–H and O–H groups in total. The maximum absolute atomic E-state index is 4.03. The highest BCUT2D eigenvalue weighted by Gasteiger charge is 2.23. The van der Waals surface area contributed by atoms with Crippen LogP contribution in [0.1, 0.15) is 39.5 Å². The molecule has 3 nitrogen and oxygen atoms in total. The van der Waals surface area contributed by atoms with E-state index in [1.165, 1.54) is 36.9 Å². The third-order valence-electron chi connectivity index (χ3n) is 4.70. The number of H-pyrrole nitrogens is 1. The Morgan fingerprint density at radius 3 is 2.90 bits per heavy atom. The maximum atomic E-state index is 4.03. The van der Waals surface area contributed by atoms with Gasteiger partial charge in [0, 0.05) is 23.5 Å². The Labute approximate surface area is 127 Å². The molecule has 1 aliphatic rings. The summed E-state index contributed by atoms with van der Waals surface area (Å²) in [4.78, 5) is 0. The minimum atomic E-state index is 0.614. The van der Waals surface area contributed by atoms with Gasteiger partial charge in [-0.15, -0.1) is 0 Å². The minimum Gasteiger partial charge on any atom is -0.382 e. The number of anilines is 1. The fourth-order valence-corrected chi connectivity index (χ4v) is 3.39. The number of aromatic nitrogens is 2. The second kappa shape index (κ2) is 6.33. The summed E-state index contributed by atoms with van der Waals surface area (Å²) in [5.74, 6) is 1.66. The molecular weight excluding hydrogens is 258 g/mol. The van der Waals surface area contributed by atoms with Crippen molar-refractivity contribution in [2.45, 2.75) is 45.6 Å². The van der Waals surface area contributed by atoms with Crippen LogP contribution in [0.4, 0.5) is 5.69 Å². The molecule has 2 atom stereocenters. The van der Waals surface area contributed by atoms with Gasteiger partial charge in [-0.25, -0.2) is 0 Å². The summed E-state index contributed by atoms with van der Waals surface area (Å²) in [7, 11) is 0. The van der Waals surface area contributed by atoms with Gasteiger partial charge in [0.25, 0.3) is 0 Å². The van der Waals surface area contributed by atoms with Gasteiger partial charge in [0.15, 0.2) is 0 Å². The molecule has 1 saturated carbocycles. The van der Waals surface area contributed by atoms with Crippen molar-refractivity contribution in [1.82, 2.24) is 10.2 Å². The molecule has 1 fully saturated rings. The SMILES string of the molecule is CC(C)C1CCCC(Nc2cccc(-c3ccn[nH]3)c2)C1. The minimum absolute atomic E-state index is 0.614. The number of hydrogen-bond donors (Lipinski definition) is 2. The molecule has 1 heterocycles. The second-order valence-electron chi connectivity index (χ2n) is 6.56. The second-order valence-corrected chi connectivity index (χ2v) is 6.56. The first-order valence-electron chi connectivity index (χ1n) is 8.08. The Hall–Kier alpha value is -1.77. The molecule has 112 valence electrons. The van der Waals surface area contributed by atoms with E-state index in [0.29, 0.717) is 6.04 Å². The Balaban J connectivity index is 1.69. The predicted octanol–water partition coefficient (Wildman–Crippen LogP) is 4.70. The smallest absolute Gasteiger partial charge is 0.0650 e. The first-order chi connectivity index (χ1) is 10.2. The van der Waals surface area contributed by atoms with Crippen LogP contribution in [0.25, 0.3) is 11.3 Å². The summed E-state index contributed by atoms with van der Waals surface area (Å²) in [5, 5.41) is 10.8. The van der Waals surface area contributed by atoms with Crippen molar-refractivity contribution >= 4 is 5.69 Å². The Bertz CT molecular complexity index is 560. The lowest BCUT2D eigenvalue weighted by molar-refractivity contribution is 0.264. The molecule has 3 rings (SSSR count). The van der Waals surface area contributed by atoms with Crippen LogP contribution < -0.4 is 5.32 Å². The first kappa shape index (κ1) is 14.2. The quantitative estimate of drug-likeness (QED) is 0.853. The number of nitrogens with one attached hydrogen (secondary N) is 2. The van der Waals surface area contributed by atoms with E-state index < -0.39 is 0 Å². The molecular formula is C18H25N3. The molecule has 0 amide bonds. The molecule has 1 aromatic carbocycles. The summed E-state index contributed by atoms with van der Waals surface area (Å²) in [6, 6.07) is 11.2. The normalized spacial score (nSPS) is 22.4. The van der Waals surface area contributed by atoms with E-state index in [1.807, 2.05) is 6.07 Å². The Morgan fingerprint density at radius 1 is 1.24 bits per heavy atom. The van der Waals surface area contributed by atoms with Gasteiger partial charge in [-0.1, -0.05) is 38.8 Å². The fraction of sp³-hybridized carbons (Fsp3) is 0.500. The van der Waals surface area contributed by atoms with Crippen LogP contribution in [0.5, 0.6) is 0 Å². The maximum Gasteiger partial charge on any atom is 0.0650 e. The van der Waals surface area contributed by atoms with Crippen molar-refractivity contribution in [2.75, 3.05) is 5.32 Å². The van der Waals surface area contributed by atoms with Crippen LogP contribution in [0.2, 0.25) is 0 Å². The number of hydrogen-bond acceptors (Lipinski definition) is 2. The fourth-order valence-electron chi connectivity index (χ4n) is 3.39.